The van der Waals surface area contributed by atoms with Gasteiger partial charge in [-0.15, -0.1) is 0 Å². The molecule has 1 aromatic carbocycles. The van der Waals surface area contributed by atoms with Crippen molar-refractivity contribution in [3.63, 3.8) is 0 Å². The number of carbonyl (C=O) groups excluding carboxylic acids is 2. The summed E-state index contributed by atoms with van der Waals surface area (Å²) in [6, 6.07) is 2.90. The van der Waals surface area contributed by atoms with Crippen LogP contribution < -0.4 is 4.74 Å². The molecule has 0 saturated carbocycles. The molecule has 1 rings (SSSR count). The number of allylic oxidation sites excluding steroid dienone is 1. The second-order valence-electron chi connectivity index (χ2n) is 3.83. The van der Waals surface area contributed by atoms with Crippen molar-refractivity contribution >= 4 is 35.0 Å². The number of ether oxygens (including phenoxy) is 2. The molecule has 0 unspecified atom stereocenters. The lowest BCUT2D eigenvalue weighted by molar-refractivity contribution is -0.134. The fourth-order valence-corrected chi connectivity index (χ4v) is 1.67. The van der Waals surface area contributed by atoms with Crippen LogP contribution in [-0.2, 0) is 9.53 Å². The molecule has 0 N–H and O–H groups in total. The van der Waals surface area contributed by atoms with Crippen molar-refractivity contribution in [1.29, 1.82) is 0 Å². The number of rotatable bonds is 6. The Hall–Kier alpha value is -1.52. The molecule has 0 amide bonds. The molecule has 0 saturated heterocycles. The van der Waals surface area contributed by atoms with Crippen molar-refractivity contribution in [3.05, 3.63) is 39.9 Å². The van der Waals surface area contributed by atoms with Crippen LogP contribution in [0.3, 0.4) is 0 Å². The number of esters is 1. The minimum absolute atomic E-state index is 0.241. The molecular formula is C14H14Cl2O4. The summed E-state index contributed by atoms with van der Waals surface area (Å²) >= 11 is 11.8. The summed E-state index contributed by atoms with van der Waals surface area (Å²) in [5.41, 5.74) is 0.244. The van der Waals surface area contributed by atoms with Gasteiger partial charge in [0, 0.05) is 12.1 Å². The quantitative estimate of drug-likeness (QED) is 0.456. The number of methoxy groups -OCH3 is 1. The van der Waals surface area contributed by atoms with Gasteiger partial charge in [-0.05, 0) is 18.6 Å². The van der Waals surface area contributed by atoms with E-state index in [4.69, 9.17) is 27.9 Å². The second kappa shape index (κ2) is 7.92. The van der Waals surface area contributed by atoms with Crippen LogP contribution in [0.1, 0.15) is 23.7 Å². The summed E-state index contributed by atoms with van der Waals surface area (Å²) in [6.07, 6.45) is 2.92. The predicted octanol–water partition coefficient (Wildman–Crippen LogP) is 3.69. The number of hydrogen-bond donors (Lipinski definition) is 0. The summed E-state index contributed by atoms with van der Waals surface area (Å²) in [7, 11) is 1.23. The molecule has 0 aliphatic heterocycles. The van der Waals surface area contributed by atoms with Crippen molar-refractivity contribution < 1.29 is 19.1 Å². The molecule has 0 aliphatic carbocycles. The Labute approximate surface area is 127 Å². The maximum Gasteiger partial charge on any atom is 0.330 e. The van der Waals surface area contributed by atoms with Gasteiger partial charge in [0.25, 0.3) is 0 Å². The van der Waals surface area contributed by atoms with E-state index in [0.29, 0.717) is 17.4 Å². The van der Waals surface area contributed by atoms with E-state index in [-0.39, 0.29) is 10.6 Å². The molecule has 0 heterocycles. The van der Waals surface area contributed by atoms with Gasteiger partial charge in [-0.1, -0.05) is 30.1 Å². The first-order valence-corrected chi connectivity index (χ1v) is 6.67. The largest absolute Gasteiger partial charge is 0.493 e. The van der Waals surface area contributed by atoms with Crippen LogP contribution >= 0.6 is 23.2 Å². The highest BCUT2D eigenvalue weighted by molar-refractivity contribution is 6.42. The molecule has 0 fully saturated rings. The minimum Gasteiger partial charge on any atom is -0.493 e. The summed E-state index contributed by atoms with van der Waals surface area (Å²) in [6.45, 7) is 2.38. The molecule has 108 valence electrons. The lowest BCUT2D eigenvalue weighted by Crippen LogP contribution is -2.04. The van der Waals surface area contributed by atoms with Gasteiger partial charge in [-0.3, -0.25) is 4.79 Å². The number of carbonyl (C=O) groups is 2. The third-order valence-corrected chi connectivity index (χ3v) is 3.04. The van der Waals surface area contributed by atoms with Gasteiger partial charge in [0.2, 0.25) is 0 Å². The highest BCUT2D eigenvalue weighted by Crippen LogP contribution is 2.31. The standard InChI is InChI=1S/C14H14Cl2O4/c1-3-6-20-13-8-11(16)10(15)7-9(13)12(17)4-5-14(18)19-2/h4-5,7-8H,3,6H2,1-2H3/b5-4+. The smallest absolute Gasteiger partial charge is 0.330 e. The summed E-state index contributed by atoms with van der Waals surface area (Å²) in [5.74, 6) is -0.699. The molecule has 6 heteroatoms. The lowest BCUT2D eigenvalue weighted by Gasteiger charge is -2.10. The number of ketones is 1. The van der Waals surface area contributed by atoms with Crippen LogP contribution in [0.5, 0.6) is 5.75 Å². The number of benzene rings is 1. The molecule has 0 radical (unpaired) electrons. The summed E-state index contributed by atoms with van der Waals surface area (Å²) < 4.78 is 9.88. The van der Waals surface area contributed by atoms with Crippen LogP contribution in [0.4, 0.5) is 0 Å². The third-order valence-electron chi connectivity index (χ3n) is 2.32. The van der Waals surface area contributed by atoms with E-state index in [0.717, 1.165) is 18.6 Å². The van der Waals surface area contributed by atoms with Gasteiger partial charge < -0.3 is 9.47 Å². The van der Waals surface area contributed by atoms with Gasteiger partial charge in [0.05, 0.1) is 29.3 Å². The zero-order chi connectivity index (χ0) is 15.1. The molecule has 1 aromatic rings. The van der Waals surface area contributed by atoms with E-state index < -0.39 is 11.8 Å². The third kappa shape index (κ3) is 4.54. The van der Waals surface area contributed by atoms with Gasteiger partial charge >= 0.3 is 5.97 Å². The van der Waals surface area contributed by atoms with Crippen LogP contribution in [0.25, 0.3) is 0 Å². The number of hydrogen-bond acceptors (Lipinski definition) is 4. The second-order valence-corrected chi connectivity index (χ2v) is 4.65. The highest BCUT2D eigenvalue weighted by Gasteiger charge is 2.14. The van der Waals surface area contributed by atoms with Crippen molar-refractivity contribution in [3.8, 4) is 5.75 Å². The molecular weight excluding hydrogens is 303 g/mol. The van der Waals surface area contributed by atoms with Crippen LogP contribution in [0, 0.1) is 0 Å². The normalized spacial score (nSPS) is 10.6. The van der Waals surface area contributed by atoms with E-state index in [1.54, 1.807) is 0 Å². The zero-order valence-electron chi connectivity index (χ0n) is 11.1. The first-order chi connectivity index (χ1) is 9.49. The van der Waals surface area contributed by atoms with Crippen LogP contribution in [-0.4, -0.2) is 25.5 Å². The minimum atomic E-state index is -0.616. The SMILES string of the molecule is CCCOc1cc(Cl)c(Cl)cc1C(=O)/C=C/C(=O)OC. The Kier molecular flexibility index (Phi) is 6.55. The molecule has 0 aliphatic rings. The lowest BCUT2D eigenvalue weighted by atomic mass is 10.1. The van der Waals surface area contributed by atoms with Gasteiger partial charge in [0.1, 0.15) is 5.75 Å². The Morgan fingerprint density at radius 2 is 1.85 bits per heavy atom. The Morgan fingerprint density at radius 3 is 2.45 bits per heavy atom. The average Bonchev–Trinajstić information content (AvgIpc) is 2.45. The summed E-state index contributed by atoms with van der Waals surface area (Å²) in [4.78, 5) is 23.0. The van der Waals surface area contributed by atoms with Gasteiger partial charge in [0.15, 0.2) is 5.78 Å². The van der Waals surface area contributed by atoms with Crippen LogP contribution in [0.15, 0.2) is 24.3 Å². The fraction of sp³-hybridized carbons (Fsp3) is 0.286. The monoisotopic (exact) mass is 316 g/mol. The van der Waals surface area contributed by atoms with Gasteiger partial charge in [-0.25, -0.2) is 4.79 Å². The van der Waals surface area contributed by atoms with E-state index in [1.165, 1.54) is 19.2 Å². The van der Waals surface area contributed by atoms with Crippen LogP contribution in [0.2, 0.25) is 10.0 Å². The maximum atomic E-state index is 12.0. The summed E-state index contributed by atoms with van der Waals surface area (Å²) in [5, 5.41) is 0.539. The fourth-order valence-electron chi connectivity index (χ4n) is 1.35. The number of halogens is 2. The first kappa shape index (κ1) is 16.5. The molecule has 0 bridgehead atoms. The molecule has 0 spiro atoms. The molecule has 20 heavy (non-hydrogen) atoms. The van der Waals surface area contributed by atoms with Crippen molar-refractivity contribution in [1.82, 2.24) is 0 Å². The Morgan fingerprint density at radius 1 is 1.20 bits per heavy atom. The van der Waals surface area contributed by atoms with E-state index in [1.807, 2.05) is 6.92 Å². The van der Waals surface area contributed by atoms with E-state index >= 15 is 0 Å². The molecule has 4 nitrogen and oxygen atoms in total. The maximum absolute atomic E-state index is 12.0. The first-order valence-electron chi connectivity index (χ1n) is 5.91. The van der Waals surface area contributed by atoms with E-state index in [9.17, 15) is 9.59 Å². The predicted molar refractivity (Wildman–Crippen MR) is 77.7 cm³/mol. The molecule has 0 aromatic heterocycles. The molecule has 0 atom stereocenters. The van der Waals surface area contributed by atoms with E-state index in [2.05, 4.69) is 4.74 Å². The highest BCUT2D eigenvalue weighted by atomic mass is 35.5. The van der Waals surface area contributed by atoms with Crippen molar-refractivity contribution in [2.75, 3.05) is 13.7 Å². The zero-order valence-corrected chi connectivity index (χ0v) is 12.6. The van der Waals surface area contributed by atoms with Crippen molar-refractivity contribution in [2.24, 2.45) is 0 Å². The Bertz CT molecular complexity index is 538. The average molecular weight is 317 g/mol. The topological polar surface area (TPSA) is 52.6 Å². The van der Waals surface area contributed by atoms with Crippen molar-refractivity contribution in [2.45, 2.75) is 13.3 Å². The van der Waals surface area contributed by atoms with Gasteiger partial charge in [-0.2, -0.15) is 0 Å². The Balaban J connectivity index is 3.07.